The molecule has 3 rings (SSSR count). The van der Waals surface area contributed by atoms with Crippen molar-refractivity contribution in [2.24, 2.45) is 0 Å². The van der Waals surface area contributed by atoms with Crippen LogP contribution in [0.15, 0.2) is 24.3 Å². The molecule has 1 aromatic rings. The van der Waals surface area contributed by atoms with E-state index in [1.54, 1.807) is 0 Å². The molecule has 0 aromatic heterocycles. The summed E-state index contributed by atoms with van der Waals surface area (Å²) >= 11 is 0. The van der Waals surface area contributed by atoms with E-state index in [-0.39, 0.29) is 12.8 Å². The van der Waals surface area contributed by atoms with Gasteiger partial charge < -0.3 is 14.2 Å². The zero-order chi connectivity index (χ0) is 10.3. The van der Waals surface area contributed by atoms with Crippen molar-refractivity contribution < 1.29 is 19.0 Å². The van der Waals surface area contributed by atoms with Crippen LogP contribution in [0.4, 0.5) is 0 Å². The molecule has 15 heavy (non-hydrogen) atoms. The fourth-order valence-corrected chi connectivity index (χ4v) is 1.64. The molecule has 1 aromatic carbocycles. The van der Waals surface area contributed by atoms with Gasteiger partial charge in [0, 0.05) is 11.6 Å². The molecule has 0 atom stereocenters. The SMILES string of the molecule is O=C1C=C(c2ccc3c(c2)OCO3)CO1. The van der Waals surface area contributed by atoms with Gasteiger partial charge in [-0.2, -0.15) is 0 Å². The summed E-state index contributed by atoms with van der Waals surface area (Å²) in [6.45, 7) is 0.589. The summed E-state index contributed by atoms with van der Waals surface area (Å²) in [7, 11) is 0. The maximum Gasteiger partial charge on any atom is 0.331 e. The Hall–Kier alpha value is -1.97. The zero-order valence-corrected chi connectivity index (χ0v) is 7.86. The lowest BCUT2D eigenvalue weighted by Gasteiger charge is -2.02. The first kappa shape index (κ1) is 8.35. The molecule has 4 heteroatoms. The molecule has 0 radical (unpaired) electrons. The van der Waals surface area contributed by atoms with Crippen molar-refractivity contribution in [3.63, 3.8) is 0 Å². The van der Waals surface area contributed by atoms with Crippen LogP contribution in [0.25, 0.3) is 5.57 Å². The van der Waals surface area contributed by atoms with Crippen LogP contribution >= 0.6 is 0 Å². The summed E-state index contributed by atoms with van der Waals surface area (Å²) in [5.41, 5.74) is 1.81. The molecule has 0 spiro atoms. The van der Waals surface area contributed by atoms with Gasteiger partial charge in [0.2, 0.25) is 6.79 Å². The van der Waals surface area contributed by atoms with Gasteiger partial charge in [0.1, 0.15) is 6.61 Å². The van der Waals surface area contributed by atoms with Crippen molar-refractivity contribution >= 4 is 11.5 Å². The molecule has 0 saturated carbocycles. The van der Waals surface area contributed by atoms with Crippen molar-refractivity contribution in [3.8, 4) is 11.5 Å². The number of fused-ring (bicyclic) bond motifs is 1. The molecular weight excluding hydrogens is 196 g/mol. The minimum atomic E-state index is -0.289. The first-order chi connectivity index (χ1) is 7.33. The van der Waals surface area contributed by atoms with Crippen LogP contribution in [0.3, 0.4) is 0 Å². The molecule has 0 amide bonds. The van der Waals surface area contributed by atoms with Crippen LogP contribution in [0.2, 0.25) is 0 Å². The Labute approximate surface area is 86.1 Å². The molecule has 4 nitrogen and oxygen atoms in total. The van der Waals surface area contributed by atoms with Gasteiger partial charge in [-0.15, -0.1) is 0 Å². The monoisotopic (exact) mass is 204 g/mol. The number of benzene rings is 1. The van der Waals surface area contributed by atoms with E-state index in [2.05, 4.69) is 0 Å². The van der Waals surface area contributed by atoms with E-state index in [9.17, 15) is 4.79 Å². The lowest BCUT2D eigenvalue weighted by Crippen LogP contribution is -1.93. The van der Waals surface area contributed by atoms with Crippen LogP contribution in [0.5, 0.6) is 11.5 Å². The van der Waals surface area contributed by atoms with E-state index in [1.807, 2.05) is 18.2 Å². The predicted molar refractivity (Wildman–Crippen MR) is 51.5 cm³/mol. The summed E-state index contributed by atoms with van der Waals surface area (Å²) in [6, 6.07) is 5.58. The number of hydrogen-bond donors (Lipinski definition) is 0. The molecule has 2 aliphatic rings. The minimum Gasteiger partial charge on any atom is -0.458 e. The van der Waals surface area contributed by atoms with Gasteiger partial charge in [0.15, 0.2) is 11.5 Å². The number of hydrogen-bond acceptors (Lipinski definition) is 4. The van der Waals surface area contributed by atoms with E-state index in [0.29, 0.717) is 12.4 Å². The second-order valence-corrected chi connectivity index (χ2v) is 3.35. The Kier molecular flexibility index (Phi) is 1.68. The van der Waals surface area contributed by atoms with Gasteiger partial charge in [-0.1, -0.05) is 6.07 Å². The third kappa shape index (κ3) is 1.34. The maximum absolute atomic E-state index is 10.9. The fourth-order valence-electron chi connectivity index (χ4n) is 1.64. The third-order valence-corrected chi connectivity index (χ3v) is 2.41. The number of carbonyl (C=O) groups excluding carboxylic acids is 1. The zero-order valence-electron chi connectivity index (χ0n) is 7.86. The quantitative estimate of drug-likeness (QED) is 0.648. The number of carbonyl (C=O) groups is 1. The van der Waals surface area contributed by atoms with Crippen molar-refractivity contribution in [2.45, 2.75) is 0 Å². The van der Waals surface area contributed by atoms with Crippen molar-refractivity contribution in [3.05, 3.63) is 29.8 Å². The van der Waals surface area contributed by atoms with Gasteiger partial charge in [-0.25, -0.2) is 4.79 Å². The van der Waals surface area contributed by atoms with Crippen molar-refractivity contribution in [2.75, 3.05) is 13.4 Å². The van der Waals surface area contributed by atoms with E-state index in [0.717, 1.165) is 16.9 Å². The molecule has 0 unspecified atom stereocenters. The molecule has 2 aliphatic heterocycles. The highest BCUT2D eigenvalue weighted by Crippen LogP contribution is 2.35. The van der Waals surface area contributed by atoms with Crippen molar-refractivity contribution in [1.29, 1.82) is 0 Å². The Balaban J connectivity index is 2.00. The standard InChI is InChI=1S/C11H8O4/c12-11-4-8(5-13-11)7-1-2-9-10(3-7)15-6-14-9/h1-4H,5-6H2. The highest BCUT2D eigenvalue weighted by molar-refractivity contribution is 5.96. The van der Waals surface area contributed by atoms with Crippen LogP contribution in [0.1, 0.15) is 5.56 Å². The summed E-state index contributed by atoms with van der Waals surface area (Å²) in [6.07, 6.45) is 1.50. The van der Waals surface area contributed by atoms with Gasteiger partial charge >= 0.3 is 5.97 Å². The number of cyclic esters (lactones) is 1. The van der Waals surface area contributed by atoms with Gasteiger partial charge in [-0.3, -0.25) is 0 Å². The van der Waals surface area contributed by atoms with Crippen LogP contribution in [-0.4, -0.2) is 19.4 Å². The van der Waals surface area contributed by atoms with E-state index in [4.69, 9.17) is 14.2 Å². The van der Waals surface area contributed by atoms with Gasteiger partial charge in [-0.05, 0) is 17.7 Å². The topological polar surface area (TPSA) is 44.8 Å². The highest BCUT2D eigenvalue weighted by atomic mass is 16.7. The lowest BCUT2D eigenvalue weighted by molar-refractivity contribution is -0.134. The second kappa shape index (κ2) is 3.02. The first-order valence-corrected chi connectivity index (χ1v) is 4.60. The Morgan fingerprint density at radius 1 is 1.07 bits per heavy atom. The molecule has 0 N–H and O–H groups in total. The van der Waals surface area contributed by atoms with Crippen molar-refractivity contribution in [1.82, 2.24) is 0 Å². The molecule has 0 aliphatic carbocycles. The van der Waals surface area contributed by atoms with Crippen LogP contribution in [0, 0.1) is 0 Å². The number of rotatable bonds is 1. The largest absolute Gasteiger partial charge is 0.458 e. The summed E-state index contributed by atoms with van der Waals surface area (Å²) in [4.78, 5) is 10.9. The summed E-state index contributed by atoms with van der Waals surface area (Å²) in [5, 5.41) is 0. The second-order valence-electron chi connectivity index (χ2n) is 3.35. The number of esters is 1. The molecule has 2 heterocycles. The molecule has 0 saturated heterocycles. The summed E-state index contributed by atoms with van der Waals surface area (Å²) < 4.78 is 15.3. The van der Waals surface area contributed by atoms with E-state index in [1.165, 1.54) is 6.08 Å². The normalized spacial score (nSPS) is 17.6. The minimum absolute atomic E-state index is 0.257. The molecule has 0 fully saturated rings. The van der Waals surface area contributed by atoms with Gasteiger partial charge in [0.05, 0.1) is 0 Å². The first-order valence-electron chi connectivity index (χ1n) is 4.60. The van der Waals surface area contributed by atoms with Gasteiger partial charge in [0.25, 0.3) is 0 Å². The highest BCUT2D eigenvalue weighted by Gasteiger charge is 2.18. The van der Waals surface area contributed by atoms with Crippen LogP contribution in [-0.2, 0) is 9.53 Å². The average molecular weight is 204 g/mol. The lowest BCUT2D eigenvalue weighted by atomic mass is 10.1. The Morgan fingerprint density at radius 2 is 1.93 bits per heavy atom. The maximum atomic E-state index is 10.9. The summed E-state index contributed by atoms with van der Waals surface area (Å²) in [5.74, 6) is 1.17. The van der Waals surface area contributed by atoms with Crippen LogP contribution < -0.4 is 9.47 Å². The Bertz CT molecular complexity index is 462. The third-order valence-electron chi connectivity index (χ3n) is 2.41. The smallest absolute Gasteiger partial charge is 0.331 e. The average Bonchev–Trinajstić information content (AvgIpc) is 2.84. The fraction of sp³-hybridized carbons (Fsp3) is 0.182. The number of ether oxygens (including phenoxy) is 3. The Morgan fingerprint density at radius 3 is 2.73 bits per heavy atom. The predicted octanol–water partition coefficient (Wildman–Crippen LogP) is 1.36. The van der Waals surface area contributed by atoms with E-state index < -0.39 is 0 Å². The molecular formula is C11H8O4. The molecule has 76 valence electrons. The van der Waals surface area contributed by atoms with E-state index >= 15 is 0 Å². The molecule has 0 bridgehead atoms.